The molecule has 0 bridgehead atoms. The van der Waals surface area contributed by atoms with Crippen LogP contribution in [0.25, 0.3) is 11.5 Å². The molecule has 1 aliphatic heterocycles. The lowest BCUT2D eigenvalue weighted by atomic mass is 9.87. The summed E-state index contributed by atoms with van der Waals surface area (Å²) in [5.41, 5.74) is 2.23. The van der Waals surface area contributed by atoms with E-state index in [9.17, 15) is 4.79 Å². The quantitative estimate of drug-likeness (QED) is 0.808. The van der Waals surface area contributed by atoms with E-state index in [0.717, 1.165) is 5.56 Å². The maximum atomic E-state index is 11.5. The van der Waals surface area contributed by atoms with Gasteiger partial charge in [-0.25, -0.2) is 0 Å². The van der Waals surface area contributed by atoms with Gasteiger partial charge in [-0.05, 0) is 34.9 Å². The molecule has 0 radical (unpaired) electrons. The summed E-state index contributed by atoms with van der Waals surface area (Å²) in [6, 6.07) is 8.10. The maximum absolute atomic E-state index is 11.5. The Morgan fingerprint density at radius 1 is 1.18 bits per heavy atom. The first-order valence-electron chi connectivity index (χ1n) is 7.21. The van der Waals surface area contributed by atoms with Crippen molar-refractivity contribution in [1.29, 1.82) is 0 Å². The molecule has 1 fully saturated rings. The topological polar surface area (TPSA) is 65.2 Å². The van der Waals surface area contributed by atoms with Crippen LogP contribution in [0.4, 0.5) is 0 Å². The van der Waals surface area contributed by atoms with Crippen LogP contribution in [0.1, 0.15) is 32.8 Å². The van der Waals surface area contributed by atoms with Gasteiger partial charge in [0, 0.05) is 12.0 Å². The molecule has 3 rings (SSSR count). The molecule has 2 heterocycles. The lowest BCUT2D eigenvalue weighted by molar-refractivity contribution is -0.137. The summed E-state index contributed by atoms with van der Waals surface area (Å²) in [5, 5.41) is 8.22. The Bertz CT molecular complexity index is 673. The predicted octanol–water partition coefficient (Wildman–Crippen LogP) is 3.44. The first-order chi connectivity index (χ1) is 10.4. The summed E-state index contributed by atoms with van der Waals surface area (Å²) in [5.74, 6) is 0.258. The number of ether oxygens (including phenoxy) is 1. The van der Waals surface area contributed by atoms with Gasteiger partial charge in [0.2, 0.25) is 5.89 Å². The highest BCUT2D eigenvalue weighted by atomic mass is 32.2. The van der Waals surface area contributed by atoms with Crippen molar-refractivity contribution >= 4 is 17.7 Å². The summed E-state index contributed by atoms with van der Waals surface area (Å²) in [7, 11) is 0. The van der Waals surface area contributed by atoms with Crippen molar-refractivity contribution in [3.05, 3.63) is 29.8 Å². The molecule has 1 aromatic heterocycles. The molecular weight excluding hydrogens is 300 g/mol. The molecule has 1 atom stereocenters. The van der Waals surface area contributed by atoms with Gasteiger partial charge < -0.3 is 9.15 Å². The first-order valence-corrected chi connectivity index (χ1v) is 8.09. The van der Waals surface area contributed by atoms with E-state index in [-0.39, 0.29) is 16.6 Å². The Balaban J connectivity index is 1.74. The highest BCUT2D eigenvalue weighted by molar-refractivity contribution is 8.00. The summed E-state index contributed by atoms with van der Waals surface area (Å²) in [6.07, 6.45) is 0.682. The lowest BCUT2D eigenvalue weighted by Crippen LogP contribution is -2.10. The molecule has 0 unspecified atom stereocenters. The molecule has 1 aliphatic rings. The van der Waals surface area contributed by atoms with E-state index in [0.29, 0.717) is 24.1 Å². The third-order valence-electron chi connectivity index (χ3n) is 3.53. The van der Waals surface area contributed by atoms with Gasteiger partial charge in [-0.15, -0.1) is 10.2 Å². The van der Waals surface area contributed by atoms with Crippen molar-refractivity contribution in [2.75, 3.05) is 6.61 Å². The summed E-state index contributed by atoms with van der Waals surface area (Å²) < 4.78 is 10.6. The number of hydrogen-bond donors (Lipinski definition) is 0. The monoisotopic (exact) mass is 318 g/mol. The van der Waals surface area contributed by atoms with Gasteiger partial charge in [0.25, 0.3) is 5.22 Å². The highest BCUT2D eigenvalue weighted by Crippen LogP contribution is 2.31. The number of nitrogens with zero attached hydrogens (tertiary/aromatic N) is 2. The van der Waals surface area contributed by atoms with Gasteiger partial charge in [-0.1, -0.05) is 32.9 Å². The van der Waals surface area contributed by atoms with Crippen molar-refractivity contribution in [3.8, 4) is 11.5 Å². The molecule has 0 aliphatic carbocycles. The third-order valence-corrected chi connectivity index (χ3v) is 4.61. The smallest absolute Gasteiger partial charge is 0.319 e. The average molecular weight is 318 g/mol. The summed E-state index contributed by atoms with van der Waals surface area (Å²) in [6.45, 7) is 6.98. The number of thioether (sulfide) groups is 1. The van der Waals surface area contributed by atoms with Crippen LogP contribution in [0, 0.1) is 0 Å². The van der Waals surface area contributed by atoms with Crippen molar-refractivity contribution in [1.82, 2.24) is 10.2 Å². The molecule has 2 aromatic rings. The number of benzene rings is 1. The largest absolute Gasteiger partial charge is 0.465 e. The van der Waals surface area contributed by atoms with E-state index in [4.69, 9.17) is 9.15 Å². The van der Waals surface area contributed by atoms with Crippen LogP contribution in [0.15, 0.2) is 33.9 Å². The minimum absolute atomic E-state index is 0.108. The van der Waals surface area contributed by atoms with Crippen molar-refractivity contribution < 1.29 is 13.9 Å². The third kappa shape index (κ3) is 3.16. The summed E-state index contributed by atoms with van der Waals surface area (Å²) in [4.78, 5) is 11.5. The normalized spacial score (nSPS) is 18.5. The van der Waals surface area contributed by atoms with Gasteiger partial charge in [0.05, 0.1) is 6.61 Å². The van der Waals surface area contributed by atoms with E-state index < -0.39 is 0 Å². The van der Waals surface area contributed by atoms with E-state index >= 15 is 0 Å². The van der Waals surface area contributed by atoms with Crippen molar-refractivity contribution in [2.24, 2.45) is 0 Å². The second-order valence-electron chi connectivity index (χ2n) is 6.26. The number of hydrogen-bond acceptors (Lipinski definition) is 6. The number of carbonyl (C=O) groups excluding carboxylic acids is 1. The molecule has 22 heavy (non-hydrogen) atoms. The van der Waals surface area contributed by atoms with Gasteiger partial charge in [-0.2, -0.15) is 0 Å². The molecular formula is C16H18N2O3S. The standard InChI is InChI=1S/C16H18N2O3S/c1-16(2,3)11-6-4-10(5-7-11)13-17-18-15(21-13)22-12-8-9-20-14(12)19/h4-7,12H,8-9H2,1-3H3/t12-/m0/s1. The predicted molar refractivity (Wildman–Crippen MR) is 83.7 cm³/mol. The fourth-order valence-corrected chi connectivity index (χ4v) is 3.03. The zero-order valence-corrected chi connectivity index (χ0v) is 13.6. The molecule has 0 amide bonds. The van der Waals surface area contributed by atoms with Crippen LogP contribution in [-0.4, -0.2) is 28.0 Å². The molecule has 6 heteroatoms. The van der Waals surface area contributed by atoms with E-state index in [2.05, 4.69) is 43.1 Å². The molecule has 0 saturated carbocycles. The van der Waals surface area contributed by atoms with Crippen LogP contribution in [0.3, 0.4) is 0 Å². The Morgan fingerprint density at radius 3 is 2.50 bits per heavy atom. The number of esters is 1. The zero-order chi connectivity index (χ0) is 15.7. The Labute approximate surface area is 133 Å². The van der Waals surface area contributed by atoms with Gasteiger partial charge in [0.1, 0.15) is 5.25 Å². The Kier molecular flexibility index (Phi) is 3.95. The molecule has 0 spiro atoms. The fraction of sp³-hybridized carbons (Fsp3) is 0.438. The minimum Gasteiger partial charge on any atom is -0.465 e. The van der Waals surface area contributed by atoms with Crippen molar-refractivity contribution in [3.63, 3.8) is 0 Å². The molecule has 116 valence electrons. The van der Waals surface area contributed by atoms with Gasteiger partial charge in [0.15, 0.2) is 0 Å². The zero-order valence-electron chi connectivity index (χ0n) is 12.8. The van der Waals surface area contributed by atoms with Crippen LogP contribution >= 0.6 is 11.8 Å². The molecule has 1 saturated heterocycles. The lowest BCUT2D eigenvalue weighted by Gasteiger charge is -2.18. The Hall–Kier alpha value is -1.82. The number of carbonyl (C=O) groups is 1. The SMILES string of the molecule is CC(C)(C)c1ccc(-c2nnc(S[C@H]3CCOC3=O)o2)cc1. The van der Waals surface area contributed by atoms with Crippen LogP contribution in [0.2, 0.25) is 0 Å². The average Bonchev–Trinajstić information content (AvgIpc) is 3.09. The minimum atomic E-state index is -0.239. The number of aromatic nitrogens is 2. The molecule has 5 nitrogen and oxygen atoms in total. The van der Waals surface area contributed by atoms with E-state index in [1.807, 2.05) is 12.1 Å². The second kappa shape index (κ2) is 5.76. The van der Waals surface area contributed by atoms with Gasteiger partial charge in [-0.3, -0.25) is 4.79 Å². The van der Waals surface area contributed by atoms with Crippen LogP contribution in [0.5, 0.6) is 0 Å². The van der Waals surface area contributed by atoms with Crippen LogP contribution in [-0.2, 0) is 14.9 Å². The number of cyclic esters (lactones) is 1. The second-order valence-corrected chi connectivity index (χ2v) is 7.42. The van der Waals surface area contributed by atoms with Crippen LogP contribution < -0.4 is 0 Å². The highest BCUT2D eigenvalue weighted by Gasteiger charge is 2.29. The number of rotatable bonds is 3. The van der Waals surface area contributed by atoms with Crippen molar-refractivity contribution in [2.45, 2.75) is 43.1 Å². The maximum Gasteiger partial charge on any atom is 0.319 e. The molecule has 0 N–H and O–H groups in total. The van der Waals surface area contributed by atoms with E-state index in [1.54, 1.807) is 0 Å². The van der Waals surface area contributed by atoms with Gasteiger partial charge >= 0.3 is 5.97 Å². The molecule has 1 aromatic carbocycles. The Morgan fingerprint density at radius 2 is 1.91 bits per heavy atom. The summed E-state index contributed by atoms with van der Waals surface area (Å²) >= 11 is 1.27. The fourth-order valence-electron chi connectivity index (χ4n) is 2.19. The van der Waals surface area contributed by atoms with E-state index in [1.165, 1.54) is 17.3 Å². The first kappa shape index (κ1) is 15.1.